The van der Waals surface area contributed by atoms with Crippen molar-refractivity contribution in [2.24, 2.45) is 5.92 Å². The van der Waals surface area contributed by atoms with Gasteiger partial charge in [0.25, 0.3) is 0 Å². The van der Waals surface area contributed by atoms with Gasteiger partial charge < -0.3 is 14.8 Å². The van der Waals surface area contributed by atoms with Crippen LogP contribution in [0.5, 0.6) is 0 Å². The van der Waals surface area contributed by atoms with Gasteiger partial charge in [-0.3, -0.25) is 4.90 Å². The number of fused-ring (bicyclic) bond motifs is 2. The topological polar surface area (TPSA) is 95.5 Å². The Labute approximate surface area is 145 Å². The maximum Gasteiger partial charge on any atom is 0.411 e. The molecule has 2 fully saturated rings. The third-order valence-corrected chi connectivity index (χ3v) is 4.77. The van der Waals surface area contributed by atoms with E-state index in [2.05, 4.69) is 9.97 Å². The van der Waals surface area contributed by atoms with Gasteiger partial charge in [0.2, 0.25) is 0 Å². The highest BCUT2D eigenvalue weighted by molar-refractivity contribution is 5.92. The molecule has 2 aliphatic rings. The number of imidazole rings is 1. The van der Waals surface area contributed by atoms with E-state index in [0.717, 1.165) is 12.8 Å². The number of likely N-dealkylation sites (tertiary alicyclic amines) is 1. The van der Waals surface area contributed by atoms with Crippen LogP contribution in [-0.4, -0.2) is 43.7 Å². The highest BCUT2D eigenvalue weighted by Gasteiger charge is 2.56. The van der Waals surface area contributed by atoms with Gasteiger partial charge in [0.1, 0.15) is 11.4 Å². The molecule has 1 aromatic heterocycles. The van der Waals surface area contributed by atoms with Crippen LogP contribution >= 0.6 is 0 Å². The van der Waals surface area contributed by atoms with Crippen LogP contribution in [0.15, 0.2) is 18.2 Å². The van der Waals surface area contributed by atoms with Gasteiger partial charge in [-0.15, -0.1) is 0 Å². The van der Waals surface area contributed by atoms with Crippen LogP contribution in [-0.2, 0) is 4.74 Å². The Morgan fingerprint density at radius 2 is 2.08 bits per heavy atom. The third kappa shape index (κ3) is 2.83. The van der Waals surface area contributed by atoms with Crippen LogP contribution in [0.3, 0.4) is 0 Å². The average Bonchev–Trinajstić information content (AvgIpc) is 2.98. The van der Waals surface area contributed by atoms with Crippen molar-refractivity contribution in [2.45, 2.75) is 51.3 Å². The van der Waals surface area contributed by atoms with Crippen molar-refractivity contribution in [1.29, 1.82) is 0 Å². The summed E-state index contributed by atoms with van der Waals surface area (Å²) in [6.45, 7) is 5.57. The second-order valence-electron chi connectivity index (χ2n) is 7.86. The maximum atomic E-state index is 12.6. The number of carbonyl (C=O) groups excluding carboxylic acids is 1. The number of rotatable bonds is 2. The normalized spacial score (nSPS) is 25.1. The zero-order chi connectivity index (χ0) is 17.9. The summed E-state index contributed by atoms with van der Waals surface area (Å²) in [5, 5.41) is 9.12. The lowest BCUT2D eigenvalue weighted by atomic mass is 10.1. The molecule has 132 valence electrons. The summed E-state index contributed by atoms with van der Waals surface area (Å²) in [6, 6.07) is 4.86. The fraction of sp³-hybridized carbons (Fsp3) is 0.500. The predicted molar refractivity (Wildman–Crippen MR) is 90.4 cm³/mol. The zero-order valence-corrected chi connectivity index (χ0v) is 14.4. The first-order chi connectivity index (χ1) is 11.7. The lowest BCUT2D eigenvalue weighted by molar-refractivity contribution is 0.0175. The quantitative estimate of drug-likeness (QED) is 0.872. The average molecular weight is 343 g/mol. The number of piperidine rings is 1. The van der Waals surface area contributed by atoms with E-state index in [1.807, 2.05) is 20.8 Å². The van der Waals surface area contributed by atoms with E-state index >= 15 is 0 Å². The highest BCUT2D eigenvalue weighted by atomic mass is 16.6. The molecule has 0 bridgehead atoms. The lowest BCUT2D eigenvalue weighted by Crippen LogP contribution is -2.38. The summed E-state index contributed by atoms with van der Waals surface area (Å²) in [5.41, 5.74) is 1.03. The standard InChI is InChI=1S/C18H21N3O4/c1-18(2,3)25-17(24)21-13-7-10(13)8-14(21)15-19-11-5-4-9(16(22)23)6-12(11)20-15/h4-6,10,13-14H,7-8H2,1-3H3,(H,19,20)(H,22,23)/t10-,13-,14-/m0/s1. The molecular weight excluding hydrogens is 322 g/mol. The van der Waals surface area contributed by atoms with Gasteiger partial charge in [-0.1, -0.05) is 0 Å². The van der Waals surface area contributed by atoms with Crippen LogP contribution in [0, 0.1) is 5.92 Å². The number of hydrogen-bond acceptors (Lipinski definition) is 4. The van der Waals surface area contributed by atoms with Gasteiger partial charge >= 0.3 is 12.1 Å². The number of benzene rings is 1. The minimum Gasteiger partial charge on any atom is -0.478 e. The SMILES string of the molecule is CC(C)(C)OC(=O)N1[C@H](c2nc3ccc(C(=O)O)cc3[nH]2)C[C@@H]2C[C@@H]21. The van der Waals surface area contributed by atoms with E-state index in [0.29, 0.717) is 22.8 Å². The van der Waals surface area contributed by atoms with Crippen molar-refractivity contribution >= 4 is 23.1 Å². The zero-order valence-electron chi connectivity index (χ0n) is 14.4. The molecule has 0 radical (unpaired) electrons. The van der Waals surface area contributed by atoms with Crippen molar-refractivity contribution in [3.05, 3.63) is 29.6 Å². The number of nitrogens with zero attached hydrogens (tertiary/aromatic N) is 2. The number of nitrogens with one attached hydrogen (secondary N) is 1. The van der Waals surface area contributed by atoms with E-state index in [1.54, 1.807) is 17.0 Å². The van der Waals surface area contributed by atoms with Crippen molar-refractivity contribution < 1.29 is 19.4 Å². The molecule has 7 nitrogen and oxygen atoms in total. The molecule has 0 spiro atoms. The number of hydrogen-bond donors (Lipinski definition) is 2. The Balaban J connectivity index is 1.65. The van der Waals surface area contributed by atoms with Gasteiger partial charge in [0.15, 0.2) is 0 Å². The van der Waals surface area contributed by atoms with E-state index in [9.17, 15) is 9.59 Å². The summed E-state index contributed by atoms with van der Waals surface area (Å²) in [7, 11) is 0. The molecule has 4 rings (SSSR count). The van der Waals surface area contributed by atoms with Crippen LogP contribution < -0.4 is 0 Å². The lowest BCUT2D eigenvalue weighted by Gasteiger charge is -2.29. The first-order valence-electron chi connectivity index (χ1n) is 8.47. The van der Waals surface area contributed by atoms with Crippen molar-refractivity contribution in [2.75, 3.05) is 0 Å². The van der Waals surface area contributed by atoms with Gasteiger partial charge in [0, 0.05) is 6.04 Å². The highest BCUT2D eigenvalue weighted by Crippen LogP contribution is 2.53. The second kappa shape index (κ2) is 5.21. The number of carboxylic acids is 1. The number of ether oxygens (including phenoxy) is 1. The molecule has 1 saturated heterocycles. The Morgan fingerprint density at radius 3 is 2.76 bits per heavy atom. The monoisotopic (exact) mass is 343 g/mol. The molecule has 2 N–H and O–H groups in total. The predicted octanol–water partition coefficient (Wildman–Crippen LogP) is 3.33. The number of H-pyrrole nitrogens is 1. The summed E-state index contributed by atoms with van der Waals surface area (Å²) >= 11 is 0. The molecule has 1 aliphatic heterocycles. The first kappa shape index (κ1) is 15.9. The van der Waals surface area contributed by atoms with Gasteiger partial charge in [-0.2, -0.15) is 0 Å². The Kier molecular flexibility index (Phi) is 3.32. The van der Waals surface area contributed by atoms with E-state index in [4.69, 9.17) is 9.84 Å². The number of aromatic nitrogens is 2. The molecule has 2 aromatic rings. The van der Waals surface area contributed by atoms with Crippen molar-refractivity contribution in [3.8, 4) is 0 Å². The number of carbonyl (C=O) groups is 2. The number of amides is 1. The number of aromatic amines is 1. The summed E-state index contributed by atoms with van der Waals surface area (Å²) in [6.07, 6.45) is 1.56. The number of carboxylic acid groups (broad SMARTS) is 1. The molecule has 1 saturated carbocycles. The van der Waals surface area contributed by atoms with Crippen LogP contribution in [0.4, 0.5) is 4.79 Å². The Bertz CT molecular complexity index is 867. The largest absolute Gasteiger partial charge is 0.478 e. The minimum atomic E-state index is -0.976. The molecule has 1 aromatic carbocycles. The van der Waals surface area contributed by atoms with Crippen LogP contribution in [0.1, 0.15) is 55.8 Å². The molecule has 3 atom stereocenters. The van der Waals surface area contributed by atoms with E-state index in [1.165, 1.54) is 6.07 Å². The van der Waals surface area contributed by atoms with Gasteiger partial charge in [0.05, 0.1) is 22.6 Å². The second-order valence-corrected chi connectivity index (χ2v) is 7.86. The summed E-state index contributed by atoms with van der Waals surface area (Å²) < 4.78 is 5.56. The summed E-state index contributed by atoms with van der Waals surface area (Å²) in [5.74, 6) is 0.214. The Morgan fingerprint density at radius 1 is 1.32 bits per heavy atom. The van der Waals surface area contributed by atoms with Gasteiger partial charge in [-0.25, -0.2) is 14.6 Å². The Hall–Kier alpha value is -2.57. The third-order valence-electron chi connectivity index (χ3n) is 4.77. The molecule has 0 unspecified atom stereocenters. The van der Waals surface area contributed by atoms with Crippen LogP contribution in [0.2, 0.25) is 0 Å². The summed E-state index contributed by atoms with van der Waals surface area (Å²) in [4.78, 5) is 33.3. The van der Waals surface area contributed by atoms with Crippen molar-refractivity contribution in [1.82, 2.24) is 14.9 Å². The molecule has 1 amide bonds. The molecule has 1 aliphatic carbocycles. The fourth-order valence-corrected chi connectivity index (χ4v) is 3.60. The molecule has 2 heterocycles. The maximum absolute atomic E-state index is 12.6. The van der Waals surface area contributed by atoms with Crippen LogP contribution in [0.25, 0.3) is 11.0 Å². The van der Waals surface area contributed by atoms with Gasteiger partial charge in [-0.05, 0) is 57.7 Å². The molecule has 25 heavy (non-hydrogen) atoms. The van der Waals surface area contributed by atoms with Crippen molar-refractivity contribution in [3.63, 3.8) is 0 Å². The smallest absolute Gasteiger partial charge is 0.411 e. The molecule has 7 heteroatoms. The number of aromatic carboxylic acids is 1. The fourth-order valence-electron chi connectivity index (χ4n) is 3.60. The minimum absolute atomic E-state index is 0.153. The molecular formula is C18H21N3O4. The van der Waals surface area contributed by atoms with E-state index in [-0.39, 0.29) is 23.7 Å². The van der Waals surface area contributed by atoms with E-state index < -0.39 is 11.6 Å². The first-order valence-corrected chi connectivity index (χ1v) is 8.47.